The van der Waals surface area contributed by atoms with Gasteiger partial charge in [-0.2, -0.15) is 0 Å². The van der Waals surface area contributed by atoms with Gasteiger partial charge >= 0.3 is 0 Å². The summed E-state index contributed by atoms with van der Waals surface area (Å²) in [6, 6.07) is 5.90. The highest BCUT2D eigenvalue weighted by Crippen LogP contribution is 2.33. The summed E-state index contributed by atoms with van der Waals surface area (Å²) in [6.45, 7) is 2.73. The molecule has 2 rings (SSSR count). The van der Waals surface area contributed by atoms with E-state index in [0.29, 0.717) is 6.54 Å². The van der Waals surface area contributed by atoms with E-state index >= 15 is 0 Å². The minimum absolute atomic E-state index is 0.145. The van der Waals surface area contributed by atoms with Crippen LogP contribution in [0.4, 0.5) is 11.4 Å². The van der Waals surface area contributed by atoms with Crippen LogP contribution in [0, 0.1) is 0 Å². The minimum Gasteiger partial charge on any atom is -0.486 e. The van der Waals surface area contributed by atoms with E-state index < -0.39 is 0 Å². The molecule has 1 aliphatic heterocycles. The van der Waals surface area contributed by atoms with E-state index in [4.69, 9.17) is 16.2 Å². The van der Waals surface area contributed by atoms with Crippen LogP contribution in [0.15, 0.2) is 18.2 Å². The molecule has 0 fully saturated rings. The number of hydrogen-bond donors (Lipinski definition) is 3. The van der Waals surface area contributed by atoms with Crippen molar-refractivity contribution < 1.29 is 4.74 Å². The first-order valence-corrected chi connectivity index (χ1v) is 5.23. The van der Waals surface area contributed by atoms with Crippen molar-refractivity contribution in [2.45, 2.75) is 25.5 Å². The van der Waals surface area contributed by atoms with Crippen LogP contribution < -0.4 is 21.5 Å². The lowest BCUT2D eigenvalue weighted by atomic mass is 10.1. The Morgan fingerprint density at radius 1 is 1.47 bits per heavy atom. The molecule has 0 bridgehead atoms. The van der Waals surface area contributed by atoms with Crippen molar-refractivity contribution in [2.75, 3.05) is 17.6 Å². The van der Waals surface area contributed by atoms with Crippen LogP contribution >= 0.6 is 0 Å². The summed E-state index contributed by atoms with van der Waals surface area (Å²) in [6.07, 6.45) is 1.00. The highest BCUT2D eigenvalue weighted by molar-refractivity contribution is 5.65. The second kappa shape index (κ2) is 3.98. The SMILES string of the molecule is CC1Nc2cc(N)ccc2OC1CCN. The summed E-state index contributed by atoms with van der Waals surface area (Å²) >= 11 is 0. The second-order valence-electron chi connectivity index (χ2n) is 3.92. The van der Waals surface area contributed by atoms with Crippen LogP contribution in [0.2, 0.25) is 0 Å². The molecule has 4 nitrogen and oxygen atoms in total. The van der Waals surface area contributed by atoms with Gasteiger partial charge in [-0.3, -0.25) is 0 Å². The van der Waals surface area contributed by atoms with Crippen LogP contribution in [0.25, 0.3) is 0 Å². The quantitative estimate of drug-likeness (QED) is 0.637. The maximum absolute atomic E-state index is 5.84. The predicted octanol–water partition coefficient (Wildman–Crippen LogP) is 1.18. The molecule has 1 heterocycles. The van der Waals surface area contributed by atoms with Gasteiger partial charge in [0.15, 0.2) is 0 Å². The molecule has 0 amide bonds. The number of rotatable bonds is 2. The van der Waals surface area contributed by atoms with Gasteiger partial charge in [-0.1, -0.05) is 0 Å². The fourth-order valence-electron chi connectivity index (χ4n) is 1.84. The topological polar surface area (TPSA) is 73.3 Å². The molecule has 82 valence electrons. The first-order chi connectivity index (χ1) is 7.20. The Bertz CT molecular complexity index is 354. The number of hydrogen-bond acceptors (Lipinski definition) is 4. The zero-order valence-corrected chi connectivity index (χ0v) is 8.86. The maximum Gasteiger partial charge on any atom is 0.143 e. The molecule has 1 aromatic rings. The molecule has 1 aliphatic rings. The molecule has 2 unspecified atom stereocenters. The second-order valence-corrected chi connectivity index (χ2v) is 3.92. The molecule has 15 heavy (non-hydrogen) atoms. The number of ether oxygens (including phenoxy) is 1. The molecule has 0 aromatic heterocycles. The number of nitrogen functional groups attached to an aromatic ring is 1. The van der Waals surface area contributed by atoms with E-state index in [2.05, 4.69) is 12.2 Å². The standard InChI is InChI=1S/C11H17N3O/c1-7-10(4-5-12)15-11-3-2-8(13)6-9(11)14-7/h2-3,6-7,10,14H,4-5,12-13H2,1H3. The van der Waals surface area contributed by atoms with E-state index in [1.165, 1.54) is 0 Å². The maximum atomic E-state index is 5.84. The van der Waals surface area contributed by atoms with E-state index in [0.717, 1.165) is 23.5 Å². The molecule has 0 spiro atoms. The molecular formula is C11H17N3O. The zero-order valence-electron chi connectivity index (χ0n) is 8.86. The summed E-state index contributed by atoms with van der Waals surface area (Å²) in [7, 11) is 0. The van der Waals surface area contributed by atoms with Crippen molar-refractivity contribution in [2.24, 2.45) is 5.73 Å². The number of benzene rings is 1. The lowest BCUT2D eigenvalue weighted by Gasteiger charge is -2.33. The molecule has 1 aromatic carbocycles. The molecule has 0 saturated heterocycles. The van der Waals surface area contributed by atoms with Crippen molar-refractivity contribution in [3.05, 3.63) is 18.2 Å². The summed E-state index contributed by atoms with van der Waals surface area (Å²) in [5, 5.41) is 3.38. The Labute approximate surface area is 89.6 Å². The Morgan fingerprint density at radius 3 is 3.00 bits per heavy atom. The van der Waals surface area contributed by atoms with Crippen LogP contribution in [0.1, 0.15) is 13.3 Å². The van der Waals surface area contributed by atoms with E-state index in [1.807, 2.05) is 18.2 Å². The Hall–Kier alpha value is -1.42. The number of nitrogens with two attached hydrogens (primary N) is 2. The first-order valence-electron chi connectivity index (χ1n) is 5.23. The largest absolute Gasteiger partial charge is 0.486 e. The lowest BCUT2D eigenvalue weighted by molar-refractivity contribution is 0.167. The molecular weight excluding hydrogens is 190 g/mol. The van der Waals surface area contributed by atoms with Crippen molar-refractivity contribution in [1.29, 1.82) is 0 Å². The summed E-state index contributed by atoms with van der Waals surface area (Å²) < 4.78 is 5.84. The van der Waals surface area contributed by atoms with Gasteiger partial charge in [-0.25, -0.2) is 0 Å². The van der Waals surface area contributed by atoms with E-state index in [9.17, 15) is 0 Å². The molecule has 0 aliphatic carbocycles. The van der Waals surface area contributed by atoms with Gasteiger partial charge in [0, 0.05) is 5.69 Å². The van der Waals surface area contributed by atoms with Gasteiger partial charge in [-0.15, -0.1) is 0 Å². The normalized spacial score (nSPS) is 23.9. The highest BCUT2D eigenvalue weighted by Gasteiger charge is 2.25. The van der Waals surface area contributed by atoms with Crippen molar-refractivity contribution in [3.63, 3.8) is 0 Å². The summed E-state index contributed by atoms with van der Waals surface area (Å²) in [4.78, 5) is 0. The van der Waals surface area contributed by atoms with Gasteiger partial charge in [-0.05, 0) is 38.1 Å². The van der Waals surface area contributed by atoms with Crippen molar-refractivity contribution in [1.82, 2.24) is 0 Å². The fourth-order valence-corrected chi connectivity index (χ4v) is 1.84. The zero-order chi connectivity index (χ0) is 10.8. The third kappa shape index (κ3) is 1.99. The third-order valence-corrected chi connectivity index (χ3v) is 2.67. The fraction of sp³-hybridized carbons (Fsp3) is 0.455. The van der Waals surface area contributed by atoms with Gasteiger partial charge in [0.1, 0.15) is 11.9 Å². The van der Waals surface area contributed by atoms with Gasteiger partial charge in [0.05, 0.1) is 11.7 Å². The summed E-state index contributed by atoms with van der Waals surface area (Å²) in [5.41, 5.74) is 13.0. The molecule has 0 saturated carbocycles. The molecule has 0 radical (unpaired) electrons. The minimum atomic E-state index is 0.145. The predicted molar refractivity (Wildman–Crippen MR) is 62.0 cm³/mol. The van der Waals surface area contributed by atoms with Gasteiger partial charge in [0.2, 0.25) is 0 Å². The molecule has 4 heteroatoms. The number of nitrogens with one attached hydrogen (secondary N) is 1. The molecule has 5 N–H and O–H groups in total. The number of anilines is 2. The Morgan fingerprint density at radius 2 is 2.27 bits per heavy atom. The highest BCUT2D eigenvalue weighted by atomic mass is 16.5. The van der Waals surface area contributed by atoms with Crippen LogP contribution in [-0.4, -0.2) is 18.7 Å². The average Bonchev–Trinajstić information content (AvgIpc) is 2.20. The lowest BCUT2D eigenvalue weighted by Crippen LogP contribution is -2.40. The average molecular weight is 207 g/mol. The van der Waals surface area contributed by atoms with E-state index in [-0.39, 0.29) is 12.1 Å². The first kappa shape index (κ1) is 10.1. The van der Waals surface area contributed by atoms with E-state index in [1.54, 1.807) is 0 Å². The smallest absolute Gasteiger partial charge is 0.143 e. The number of fused-ring (bicyclic) bond motifs is 1. The summed E-state index contributed by atoms with van der Waals surface area (Å²) in [5.74, 6) is 0.862. The van der Waals surface area contributed by atoms with Crippen molar-refractivity contribution >= 4 is 11.4 Å². The molecule has 2 atom stereocenters. The third-order valence-electron chi connectivity index (χ3n) is 2.67. The van der Waals surface area contributed by atoms with Crippen LogP contribution in [0.3, 0.4) is 0 Å². The van der Waals surface area contributed by atoms with Gasteiger partial charge < -0.3 is 21.5 Å². The van der Waals surface area contributed by atoms with Crippen molar-refractivity contribution in [3.8, 4) is 5.75 Å². The van der Waals surface area contributed by atoms with Crippen LogP contribution in [-0.2, 0) is 0 Å². The monoisotopic (exact) mass is 207 g/mol. The Kier molecular flexibility index (Phi) is 2.68. The Balaban J connectivity index is 2.22. The van der Waals surface area contributed by atoms with Gasteiger partial charge in [0.25, 0.3) is 0 Å². The van der Waals surface area contributed by atoms with Crippen LogP contribution in [0.5, 0.6) is 5.75 Å².